The van der Waals surface area contributed by atoms with Crippen LogP contribution in [0, 0.1) is 0 Å². The molecule has 2 unspecified atom stereocenters. The lowest BCUT2D eigenvalue weighted by Crippen LogP contribution is -2.47. The number of aliphatic hydroxyl groups excluding tert-OH is 1. The maximum absolute atomic E-state index is 13.7. The molecule has 2 atom stereocenters. The van der Waals surface area contributed by atoms with E-state index in [9.17, 15) is 24.1 Å². The van der Waals surface area contributed by atoms with Crippen LogP contribution in [0.3, 0.4) is 0 Å². The van der Waals surface area contributed by atoms with Gasteiger partial charge >= 0.3 is 5.76 Å². The molecule has 2 fully saturated rings. The Morgan fingerprint density at radius 3 is 2.49 bits per heavy atom. The summed E-state index contributed by atoms with van der Waals surface area (Å²) in [7, 11) is -2.91. The predicted octanol–water partition coefficient (Wildman–Crippen LogP) is 5.73. The third kappa shape index (κ3) is 10.5. The normalized spacial score (nSPS) is 17.0. The van der Waals surface area contributed by atoms with Gasteiger partial charge in [-0.1, -0.05) is 19.1 Å². The van der Waals surface area contributed by atoms with Gasteiger partial charge in [0.25, 0.3) is 5.56 Å². The average Bonchev–Trinajstić information content (AvgIpc) is 3.64. The molecule has 356 valence electrons. The van der Waals surface area contributed by atoms with Crippen LogP contribution in [0.4, 0.5) is 28.8 Å². The largest absolute Gasteiger partial charge is 0.492 e. The highest BCUT2D eigenvalue weighted by Gasteiger charge is 2.32. The minimum Gasteiger partial charge on any atom is -0.492 e. The first-order valence-corrected chi connectivity index (χ1v) is 26.4. The summed E-state index contributed by atoms with van der Waals surface area (Å²) in [6.45, 7) is 14.3. The van der Waals surface area contributed by atoms with Crippen LogP contribution in [0.2, 0.25) is 0 Å². The standard InChI is InChI=1S/C47H59BrN11O7P/c1-6-28-24-35(54-46-51-27-33(48)43(56-46)53-34-13-12-31-32(42(34)67(4,5)64)26-52-58(7-2)45(31)62)39(65-8-3)25-38(28)57-22-17-30(18-23-57)50-21-20-49-19-16-29-10-9-11-36-41(29)66-47(63)59(36)37-14-15-40(60)55-44(37)61/h9-13,24-27,30,37,44,49-50,61H,6-8,14-23H2,1-5H3,(H,55,60)(H2,51,53,54,56). The molecule has 2 aliphatic rings. The highest BCUT2D eigenvalue weighted by molar-refractivity contribution is 9.10. The van der Waals surface area contributed by atoms with Crippen LogP contribution in [-0.2, 0) is 28.7 Å². The number of carbonyl (C=O) groups excluding carboxylic acids is 1. The summed E-state index contributed by atoms with van der Waals surface area (Å²) in [6.07, 6.45) is 6.16. The summed E-state index contributed by atoms with van der Waals surface area (Å²) in [5.74, 6) is 0.706. The highest BCUT2D eigenvalue weighted by Crippen LogP contribution is 2.42. The highest BCUT2D eigenvalue weighted by atomic mass is 79.9. The lowest BCUT2D eigenvalue weighted by atomic mass is 10.0. The van der Waals surface area contributed by atoms with E-state index in [-0.39, 0.29) is 17.9 Å². The van der Waals surface area contributed by atoms with Gasteiger partial charge in [0.05, 0.1) is 45.6 Å². The van der Waals surface area contributed by atoms with Crippen molar-refractivity contribution in [2.45, 2.75) is 84.2 Å². The molecule has 2 aliphatic heterocycles. The Kier molecular flexibility index (Phi) is 14.8. The van der Waals surface area contributed by atoms with E-state index in [1.807, 2.05) is 32.0 Å². The molecule has 0 aliphatic carbocycles. The number of ether oxygens (including phenoxy) is 1. The number of hydrogen-bond acceptors (Lipinski definition) is 15. The SMILES string of the molecule is CCOc1cc(N2CCC(NCCNCCc3cccc4c3oc(=O)n4C3CCC(=O)NC3O)CC2)c(CC)cc1Nc1ncc(Br)c(Nc2ccc3c(=O)n(CC)ncc3c2P(C)(C)=O)n1. The maximum atomic E-state index is 13.7. The summed E-state index contributed by atoms with van der Waals surface area (Å²) in [4.78, 5) is 49.5. The molecular weight excluding hydrogens is 941 g/mol. The second-order valence-electron chi connectivity index (χ2n) is 17.3. The predicted molar refractivity (Wildman–Crippen MR) is 267 cm³/mol. The summed E-state index contributed by atoms with van der Waals surface area (Å²) in [5.41, 5.74) is 5.43. The molecule has 0 bridgehead atoms. The Hall–Kier alpha value is -5.59. The number of anilines is 5. The Labute approximate surface area is 396 Å². The molecule has 3 aromatic heterocycles. The number of nitrogens with one attached hydrogen (secondary N) is 5. The molecular formula is C47H59BrN11O7P. The van der Waals surface area contributed by atoms with Crippen molar-refractivity contribution in [3.05, 3.63) is 91.4 Å². The van der Waals surface area contributed by atoms with E-state index in [2.05, 4.69) is 76.6 Å². The van der Waals surface area contributed by atoms with Crippen molar-refractivity contribution in [3.8, 4) is 5.75 Å². The number of nitrogens with zero attached hydrogens (tertiary/aromatic N) is 6. The lowest BCUT2D eigenvalue weighted by molar-refractivity contribution is -0.128. The number of oxazole rings is 1. The summed E-state index contributed by atoms with van der Waals surface area (Å²) in [6, 6.07) is 13.2. The van der Waals surface area contributed by atoms with E-state index in [1.165, 1.54) is 14.8 Å². The Balaban J connectivity index is 0.871. The fraction of sp³-hybridized carbons (Fsp3) is 0.447. The van der Waals surface area contributed by atoms with E-state index in [1.54, 1.807) is 37.9 Å². The van der Waals surface area contributed by atoms with Gasteiger partial charge in [0, 0.05) is 73.8 Å². The molecule has 2 saturated heterocycles. The third-order valence-corrected chi connectivity index (χ3v) is 14.6. The maximum Gasteiger partial charge on any atom is 0.420 e. The van der Waals surface area contributed by atoms with E-state index in [0.29, 0.717) is 93.4 Å². The zero-order valence-electron chi connectivity index (χ0n) is 38.5. The Bertz CT molecular complexity index is 2940. The number of piperidine rings is 2. The molecule has 20 heteroatoms. The first-order chi connectivity index (χ1) is 32.3. The topological polar surface area (TPSA) is 223 Å². The Morgan fingerprint density at radius 1 is 0.955 bits per heavy atom. The second-order valence-corrected chi connectivity index (χ2v) is 21.3. The summed E-state index contributed by atoms with van der Waals surface area (Å²) >= 11 is 3.59. The molecule has 1 amide bonds. The van der Waals surface area contributed by atoms with Gasteiger partial charge in [0.1, 0.15) is 24.9 Å². The number of aromatic nitrogens is 5. The van der Waals surface area contributed by atoms with Crippen molar-refractivity contribution in [3.63, 3.8) is 0 Å². The van der Waals surface area contributed by atoms with Crippen molar-refractivity contribution in [2.24, 2.45) is 0 Å². The number of hydrogen-bond donors (Lipinski definition) is 6. The molecule has 3 aromatic carbocycles. The molecule has 6 N–H and O–H groups in total. The van der Waals surface area contributed by atoms with Crippen molar-refractivity contribution < 1.29 is 23.6 Å². The van der Waals surface area contributed by atoms with Crippen LogP contribution in [0.15, 0.2) is 73.3 Å². The molecule has 67 heavy (non-hydrogen) atoms. The fourth-order valence-corrected chi connectivity index (χ4v) is 10.9. The van der Waals surface area contributed by atoms with E-state index >= 15 is 0 Å². The minimum atomic E-state index is -2.91. The van der Waals surface area contributed by atoms with Gasteiger partial charge in [-0.25, -0.2) is 14.5 Å². The molecule has 0 saturated carbocycles. The number of carbonyl (C=O) groups is 1. The van der Waals surface area contributed by atoms with Gasteiger partial charge in [-0.15, -0.1) is 0 Å². The number of aliphatic hydroxyl groups is 1. The number of fused-ring (bicyclic) bond motifs is 2. The zero-order chi connectivity index (χ0) is 47.4. The van der Waals surface area contributed by atoms with Gasteiger partial charge in [-0.3, -0.25) is 14.2 Å². The third-order valence-electron chi connectivity index (χ3n) is 12.5. The number of rotatable bonds is 18. The van der Waals surface area contributed by atoms with Gasteiger partial charge in [0.15, 0.2) is 5.58 Å². The quantitative estimate of drug-likeness (QED) is 0.0447. The smallest absolute Gasteiger partial charge is 0.420 e. The molecule has 6 aromatic rings. The molecule has 18 nitrogen and oxygen atoms in total. The van der Waals surface area contributed by atoms with E-state index in [0.717, 1.165) is 62.4 Å². The van der Waals surface area contributed by atoms with E-state index in [4.69, 9.17) is 14.1 Å². The Morgan fingerprint density at radius 2 is 1.76 bits per heavy atom. The van der Waals surface area contributed by atoms with Crippen molar-refractivity contribution in [1.29, 1.82) is 0 Å². The number of para-hydroxylation sites is 1. The number of halogens is 1. The van der Waals surface area contributed by atoms with Crippen LogP contribution in [0.5, 0.6) is 5.75 Å². The van der Waals surface area contributed by atoms with Crippen molar-refractivity contribution in [2.75, 3.05) is 68.2 Å². The van der Waals surface area contributed by atoms with Crippen molar-refractivity contribution in [1.82, 2.24) is 40.3 Å². The average molecular weight is 1000 g/mol. The minimum absolute atomic E-state index is 0.231. The molecule has 0 spiro atoms. The van der Waals surface area contributed by atoms with Gasteiger partial charge in [-0.05, 0) is 117 Å². The number of amides is 1. The van der Waals surface area contributed by atoms with Crippen LogP contribution in [0.1, 0.15) is 63.6 Å². The van der Waals surface area contributed by atoms with Gasteiger partial charge < -0.3 is 50.3 Å². The molecule has 8 rings (SSSR count). The lowest BCUT2D eigenvalue weighted by Gasteiger charge is -2.35. The monoisotopic (exact) mass is 999 g/mol. The van der Waals surface area contributed by atoms with E-state index < -0.39 is 25.2 Å². The number of aryl methyl sites for hydroxylation is 2. The van der Waals surface area contributed by atoms with Gasteiger partial charge in [0.2, 0.25) is 11.9 Å². The van der Waals surface area contributed by atoms with Crippen LogP contribution in [0.25, 0.3) is 21.9 Å². The summed E-state index contributed by atoms with van der Waals surface area (Å²) < 4.78 is 29.1. The zero-order valence-corrected chi connectivity index (χ0v) is 41.0. The van der Waals surface area contributed by atoms with Crippen LogP contribution in [-0.4, -0.2) is 100 Å². The summed E-state index contributed by atoms with van der Waals surface area (Å²) in [5, 5.41) is 32.8. The second kappa shape index (κ2) is 20.7. The van der Waals surface area contributed by atoms with Crippen LogP contribution < -0.4 is 52.8 Å². The molecule has 5 heterocycles. The van der Waals surface area contributed by atoms with Gasteiger partial charge in [-0.2, -0.15) is 10.1 Å². The fourth-order valence-electron chi connectivity index (χ4n) is 9.18. The first-order valence-electron chi connectivity index (χ1n) is 23.0. The number of benzene rings is 3. The molecule has 0 radical (unpaired) electrons. The first kappa shape index (κ1) is 47.9. The van der Waals surface area contributed by atoms with Crippen LogP contribution >= 0.6 is 23.1 Å². The van der Waals surface area contributed by atoms with Crippen molar-refractivity contribution >= 4 is 85.0 Å².